The van der Waals surface area contributed by atoms with Gasteiger partial charge >= 0.3 is 6.09 Å². The molecule has 1 saturated heterocycles. The van der Waals surface area contributed by atoms with Gasteiger partial charge < -0.3 is 15.2 Å². The molecule has 0 radical (unpaired) electrons. The molecule has 0 unspecified atom stereocenters. The number of rotatable bonds is 9. The number of nitrogens with zero attached hydrogens (tertiary/aromatic N) is 1. The molecule has 200 valence electrons. The van der Waals surface area contributed by atoms with E-state index in [1.165, 1.54) is 29.8 Å². The standard InChI is InChI=1S/C32H30F2N2O3/c33-28-10-6-24(7-11-28)26-15-27(25-8-12-29(34)13-9-25)17-31(16-26)39-21-30-14-23(18-35-32(37)38)20-36(30)19-22-4-2-1-3-5-22/h1-13,15-17,23,30,35H,14,18-21H2,(H,37,38)/t23-,30-/m0/s1. The Labute approximate surface area is 226 Å². The van der Waals surface area contributed by atoms with E-state index in [0.717, 1.165) is 41.8 Å². The molecule has 4 aromatic rings. The topological polar surface area (TPSA) is 61.8 Å². The van der Waals surface area contributed by atoms with Crippen molar-refractivity contribution in [2.45, 2.75) is 19.0 Å². The Morgan fingerprint density at radius 3 is 2.00 bits per heavy atom. The molecule has 1 heterocycles. The zero-order chi connectivity index (χ0) is 27.2. The van der Waals surface area contributed by atoms with Crippen LogP contribution in [0.3, 0.4) is 0 Å². The first-order valence-corrected chi connectivity index (χ1v) is 13.0. The Morgan fingerprint density at radius 1 is 0.846 bits per heavy atom. The third kappa shape index (κ3) is 7.00. The van der Waals surface area contributed by atoms with Crippen molar-refractivity contribution in [3.05, 3.63) is 114 Å². The maximum atomic E-state index is 13.6. The maximum absolute atomic E-state index is 13.6. The van der Waals surface area contributed by atoms with E-state index >= 15 is 0 Å². The SMILES string of the molecule is O=C(O)NC[C@@H]1C[C@@H](COc2cc(-c3ccc(F)cc3)cc(-c3ccc(F)cc3)c2)N(Cc2ccccc2)C1. The summed E-state index contributed by atoms with van der Waals surface area (Å²) in [5.41, 5.74) is 4.60. The van der Waals surface area contributed by atoms with Crippen LogP contribution in [-0.2, 0) is 6.54 Å². The number of amides is 1. The summed E-state index contributed by atoms with van der Waals surface area (Å²) in [6.07, 6.45) is -0.217. The van der Waals surface area contributed by atoms with Gasteiger partial charge in [0.1, 0.15) is 24.0 Å². The van der Waals surface area contributed by atoms with Crippen molar-refractivity contribution in [1.29, 1.82) is 0 Å². The van der Waals surface area contributed by atoms with E-state index in [1.807, 2.05) is 36.4 Å². The number of benzene rings is 4. The first-order valence-electron chi connectivity index (χ1n) is 13.0. The fourth-order valence-corrected chi connectivity index (χ4v) is 5.15. The number of hydrogen-bond acceptors (Lipinski definition) is 3. The number of halogens is 2. The van der Waals surface area contributed by atoms with Crippen molar-refractivity contribution in [3.63, 3.8) is 0 Å². The predicted molar refractivity (Wildman–Crippen MR) is 147 cm³/mol. The minimum absolute atomic E-state index is 0.0922. The van der Waals surface area contributed by atoms with Crippen molar-refractivity contribution in [3.8, 4) is 28.0 Å². The molecule has 4 aromatic carbocycles. The van der Waals surface area contributed by atoms with Crippen molar-refractivity contribution < 1.29 is 23.4 Å². The van der Waals surface area contributed by atoms with Crippen molar-refractivity contribution >= 4 is 6.09 Å². The molecule has 0 saturated carbocycles. The predicted octanol–water partition coefficient (Wildman–Crippen LogP) is 6.84. The zero-order valence-electron chi connectivity index (χ0n) is 21.4. The number of carbonyl (C=O) groups is 1. The van der Waals surface area contributed by atoms with Crippen LogP contribution >= 0.6 is 0 Å². The lowest BCUT2D eigenvalue weighted by Gasteiger charge is -2.25. The summed E-state index contributed by atoms with van der Waals surface area (Å²) in [6.45, 7) is 2.33. The van der Waals surface area contributed by atoms with Crippen LogP contribution in [0.5, 0.6) is 5.75 Å². The first-order chi connectivity index (χ1) is 18.9. The van der Waals surface area contributed by atoms with Gasteiger partial charge in [-0.3, -0.25) is 4.90 Å². The lowest BCUT2D eigenvalue weighted by Crippen LogP contribution is -2.34. The lowest BCUT2D eigenvalue weighted by atomic mass is 9.98. The van der Waals surface area contributed by atoms with Gasteiger partial charge in [0, 0.05) is 25.7 Å². The highest BCUT2D eigenvalue weighted by atomic mass is 19.1. The molecule has 0 spiro atoms. The van der Waals surface area contributed by atoms with Crippen LogP contribution in [0.25, 0.3) is 22.3 Å². The summed E-state index contributed by atoms with van der Waals surface area (Å²) in [7, 11) is 0. The van der Waals surface area contributed by atoms with Crippen molar-refractivity contribution in [1.82, 2.24) is 10.2 Å². The van der Waals surface area contributed by atoms with E-state index in [9.17, 15) is 13.6 Å². The minimum atomic E-state index is -1.02. The summed E-state index contributed by atoms with van der Waals surface area (Å²) in [5.74, 6) is 0.217. The largest absolute Gasteiger partial charge is 0.492 e. The molecule has 1 fully saturated rings. The molecular formula is C32H30F2N2O3. The van der Waals surface area contributed by atoms with E-state index in [4.69, 9.17) is 9.84 Å². The van der Waals surface area contributed by atoms with Crippen molar-refractivity contribution in [2.24, 2.45) is 5.92 Å². The second kappa shape index (κ2) is 12.1. The maximum Gasteiger partial charge on any atom is 0.404 e. The molecule has 2 atom stereocenters. The minimum Gasteiger partial charge on any atom is -0.492 e. The third-order valence-electron chi connectivity index (χ3n) is 7.09. The van der Waals surface area contributed by atoms with E-state index in [-0.39, 0.29) is 23.6 Å². The van der Waals surface area contributed by atoms with Gasteiger partial charge in [-0.15, -0.1) is 0 Å². The average Bonchev–Trinajstić information content (AvgIpc) is 3.33. The average molecular weight is 529 g/mol. The summed E-state index contributed by atoms with van der Waals surface area (Å²) < 4.78 is 33.5. The lowest BCUT2D eigenvalue weighted by molar-refractivity contribution is 0.166. The van der Waals surface area contributed by atoms with Gasteiger partial charge in [-0.2, -0.15) is 0 Å². The van der Waals surface area contributed by atoms with Gasteiger partial charge in [-0.1, -0.05) is 54.6 Å². The second-order valence-electron chi connectivity index (χ2n) is 9.93. The Morgan fingerprint density at radius 2 is 1.44 bits per heavy atom. The Hall–Kier alpha value is -4.23. The summed E-state index contributed by atoms with van der Waals surface area (Å²) in [4.78, 5) is 13.4. The molecule has 1 amide bonds. The van der Waals surface area contributed by atoms with E-state index in [0.29, 0.717) is 18.9 Å². The van der Waals surface area contributed by atoms with Gasteiger partial charge in [0.05, 0.1) is 0 Å². The fourth-order valence-electron chi connectivity index (χ4n) is 5.15. The summed E-state index contributed by atoms with van der Waals surface area (Å²) >= 11 is 0. The molecule has 39 heavy (non-hydrogen) atoms. The van der Waals surface area contributed by atoms with Crippen LogP contribution in [0.4, 0.5) is 13.6 Å². The Balaban J connectivity index is 1.39. The zero-order valence-corrected chi connectivity index (χ0v) is 21.4. The normalized spacial score (nSPS) is 17.2. The summed E-state index contributed by atoms with van der Waals surface area (Å²) in [5, 5.41) is 11.6. The Kier molecular flexibility index (Phi) is 8.18. The van der Waals surface area contributed by atoms with Crippen LogP contribution in [0, 0.1) is 17.6 Å². The molecule has 0 aromatic heterocycles. The Bertz CT molecular complexity index is 1330. The smallest absolute Gasteiger partial charge is 0.404 e. The van der Waals surface area contributed by atoms with E-state index in [2.05, 4.69) is 22.3 Å². The van der Waals surface area contributed by atoms with Gasteiger partial charge in [-0.25, -0.2) is 13.6 Å². The number of ether oxygens (including phenoxy) is 1. The first kappa shape index (κ1) is 26.4. The highest BCUT2D eigenvalue weighted by molar-refractivity contribution is 5.75. The second-order valence-corrected chi connectivity index (χ2v) is 9.93. The highest BCUT2D eigenvalue weighted by Crippen LogP contribution is 2.33. The molecule has 1 aliphatic rings. The molecule has 5 nitrogen and oxygen atoms in total. The number of hydrogen-bond donors (Lipinski definition) is 2. The van der Waals surface area contributed by atoms with Crippen LogP contribution < -0.4 is 10.1 Å². The third-order valence-corrected chi connectivity index (χ3v) is 7.09. The fraction of sp³-hybridized carbons (Fsp3) is 0.219. The number of nitrogens with one attached hydrogen (secondary N) is 1. The molecule has 0 aliphatic carbocycles. The molecule has 2 N–H and O–H groups in total. The summed E-state index contributed by atoms with van der Waals surface area (Å²) in [6, 6.07) is 28.7. The molecule has 7 heteroatoms. The number of carboxylic acid groups (broad SMARTS) is 1. The molecule has 0 bridgehead atoms. The van der Waals surface area contributed by atoms with E-state index in [1.54, 1.807) is 24.3 Å². The van der Waals surface area contributed by atoms with Crippen LogP contribution in [0.15, 0.2) is 97.1 Å². The van der Waals surface area contributed by atoms with Crippen LogP contribution in [-0.4, -0.2) is 41.8 Å². The van der Waals surface area contributed by atoms with Gasteiger partial charge in [0.25, 0.3) is 0 Å². The van der Waals surface area contributed by atoms with Crippen LogP contribution in [0.1, 0.15) is 12.0 Å². The molecule has 5 rings (SSSR count). The van der Waals surface area contributed by atoms with Gasteiger partial charge in [0.15, 0.2) is 0 Å². The van der Waals surface area contributed by atoms with Crippen molar-refractivity contribution in [2.75, 3.05) is 19.7 Å². The van der Waals surface area contributed by atoms with Crippen LogP contribution in [0.2, 0.25) is 0 Å². The monoisotopic (exact) mass is 528 g/mol. The quantitative estimate of drug-likeness (QED) is 0.250. The number of likely N-dealkylation sites (tertiary alicyclic amines) is 1. The van der Waals surface area contributed by atoms with Gasteiger partial charge in [-0.05, 0) is 82.6 Å². The van der Waals surface area contributed by atoms with Gasteiger partial charge in [0.2, 0.25) is 0 Å². The van der Waals surface area contributed by atoms with E-state index < -0.39 is 6.09 Å². The molecule has 1 aliphatic heterocycles. The highest BCUT2D eigenvalue weighted by Gasteiger charge is 2.32. The molecular weight excluding hydrogens is 498 g/mol.